The second-order valence-electron chi connectivity index (χ2n) is 32.8. The summed E-state index contributed by atoms with van der Waals surface area (Å²) < 4.78 is 22.9. The van der Waals surface area contributed by atoms with Gasteiger partial charge < -0.3 is 65.1 Å². The fraction of sp³-hybridized carbons (Fsp3) is 0.924. The number of allylic oxidation sites excluding steroid dienone is 5. The Hall–Kier alpha value is -1.79. The Morgan fingerprint density at radius 3 is 0.925 bits per heavy atom. The third kappa shape index (κ3) is 57.3. The molecule has 0 aliphatic carbocycles. The monoisotopic (exact) mass is 1500 g/mol. The average Bonchev–Trinajstić information content (AvgIpc) is 0.790. The summed E-state index contributed by atoms with van der Waals surface area (Å²) in [5.74, 6) is -0.243. The number of nitrogens with one attached hydrogen (secondary N) is 1. The first-order valence-electron chi connectivity index (χ1n) is 46.2. The molecule has 2 heterocycles. The van der Waals surface area contributed by atoms with E-state index in [0.717, 1.165) is 44.9 Å². The SMILES string of the molecule is CCCCCCCCCCCCCCCCCCCCCCC/C=C/CC/C=C/CC/C=C/C(O)C(COC1OC(CO)C(OC2OC(CO)C(O)C(O)C2O)C(O)C1O)NC(=O)CCCCCCCCCCCCCCCCCCCCCCCCCCCCCCCCCCCCCCCCCCC. The van der Waals surface area contributed by atoms with Crippen molar-refractivity contribution in [2.24, 2.45) is 0 Å². The summed E-state index contributed by atoms with van der Waals surface area (Å²) >= 11 is 0. The van der Waals surface area contributed by atoms with Crippen molar-refractivity contribution in [1.82, 2.24) is 5.32 Å². The van der Waals surface area contributed by atoms with Crippen molar-refractivity contribution < 1.29 is 64.6 Å². The number of hydrogen-bond acceptors (Lipinski definition) is 13. The Labute approximate surface area is 652 Å². The molecule has 14 nitrogen and oxygen atoms in total. The van der Waals surface area contributed by atoms with Gasteiger partial charge in [0.1, 0.15) is 48.8 Å². The number of aliphatic hydroxyl groups excluding tert-OH is 8. The van der Waals surface area contributed by atoms with Crippen LogP contribution >= 0.6 is 0 Å². The maximum absolute atomic E-state index is 13.4. The summed E-state index contributed by atoms with van der Waals surface area (Å²) in [7, 11) is 0. The lowest BCUT2D eigenvalue weighted by Crippen LogP contribution is -2.65. The third-order valence-corrected chi connectivity index (χ3v) is 22.8. The summed E-state index contributed by atoms with van der Waals surface area (Å²) in [5.41, 5.74) is 0. The highest BCUT2D eigenvalue weighted by atomic mass is 16.7. The summed E-state index contributed by atoms with van der Waals surface area (Å²) in [6.07, 6.45) is 85.8. The molecule has 2 rings (SSSR count). The van der Waals surface area contributed by atoms with Gasteiger partial charge in [0.25, 0.3) is 0 Å². The van der Waals surface area contributed by atoms with E-state index in [9.17, 15) is 45.6 Å². The minimum Gasteiger partial charge on any atom is -0.394 e. The highest BCUT2D eigenvalue weighted by Crippen LogP contribution is 2.31. The van der Waals surface area contributed by atoms with Crippen LogP contribution in [0.15, 0.2) is 36.5 Å². The van der Waals surface area contributed by atoms with Gasteiger partial charge in [0.2, 0.25) is 5.91 Å². The molecule has 12 unspecified atom stereocenters. The number of carbonyl (C=O) groups is 1. The third-order valence-electron chi connectivity index (χ3n) is 22.8. The lowest BCUT2D eigenvalue weighted by molar-refractivity contribution is -0.359. The quantitative estimate of drug-likeness (QED) is 0.0204. The molecule has 0 aromatic rings. The topological polar surface area (TPSA) is 228 Å². The Kier molecular flexibility index (Phi) is 71.8. The van der Waals surface area contributed by atoms with Crippen LogP contribution < -0.4 is 5.32 Å². The summed E-state index contributed by atoms with van der Waals surface area (Å²) in [6.45, 7) is 2.86. The van der Waals surface area contributed by atoms with Crippen LogP contribution in [0.4, 0.5) is 0 Å². The van der Waals surface area contributed by atoms with Gasteiger partial charge in [-0.25, -0.2) is 0 Å². The molecular weight excluding hydrogens is 1330 g/mol. The first kappa shape index (κ1) is 100. The van der Waals surface area contributed by atoms with Crippen LogP contribution in [0.1, 0.15) is 450 Å². The molecule has 2 saturated heterocycles. The molecule has 0 bridgehead atoms. The largest absolute Gasteiger partial charge is 0.394 e. The zero-order valence-electron chi connectivity index (χ0n) is 69.2. The maximum Gasteiger partial charge on any atom is 0.220 e. The maximum atomic E-state index is 13.4. The summed E-state index contributed by atoms with van der Waals surface area (Å²) in [6, 6.07) is -0.939. The average molecular weight is 1500 g/mol. The number of rotatable bonds is 80. The molecular formula is C92H175NO13. The van der Waals surface area contributed by atoms with Crippen molar-refractivity contribution in [2.45, 2.75) is 524 Å². The standard InChI is InChI=1S/C92H175NO13/c1-3-5-7-9-11-13-15-17-19-21-23-25-27-29-31-33-35-36-37-38-39-40-41-42-43-44-46-48-50-52-54-56-58-60-62-64-66-68-70-72-74-76-84(97)93-80(79-103-91-89(102)87(100)90(83(78-95)105-91)106-92-88(101)86(99)85(98)82(77-94)104-92)81(96)75-73-71-69-67-65-63-61-59-57-55-53-51-49-47-45-34-32-30-28-26-24-22-20-18-16-14-12-10-8-6-4-2/h57,59,65,67,73,75,80-83,85-92,94-96,98-102H,3-56,58,60-64,66,68-72,74,76-79H2,1-2H3,(H,93,97)/b59-57+,67-65+,75-73+. The number of aliphatic hydroxyl groups is 8. The second-order valence-corrected chi connectivity index (χ2v) is 32.8. The molecule has 0 aromatic heterocycles. The molecule has 9 N–H and O–H groups in total. The van der Waals surface area contributed by atoms with E-state index < -0.39 is 86.8 Å². The lowest BCUT2D eigenvalue weighted by atomic mass is 9.97. The van der Waals surface area contributed by atoms with Gasteiger partial charge in [-0.3, -0.25) is 4.79 Å². The van der Waals surface area contributed by atoms with Crippen molar-refractivity contribution in [3.05, 3.63) is 36.5 Å². The molecule has 0 saturated carbocycles. The van der Waals surface area contributed by atoms with Crippen LogP contribution in [-0.2, 0) is 23.7 Å². The Balaban J connectivity index is 1.56. The summed E-state index contributed by atoms with van der Waals surface area (Å²) in [5, 5.41) is 87.8. The number of carbonyl (C=O) groups excluding carboxylic acids is 1. The minimum atomic E-state index is -1.79. The van der Waals surface area contributed by atoms with Gasteiger partial charge in [0.15, 0.2) is 12.6 Å². The highest BCUT2D eigenvalue weighted by molar-refractivity contribution is 5.76. The van der Waals surface area contributed by atoms with Crippen molar-refractivity contribution in [3.63, 3.8) is 0 Å². The lowest BCUT2D eigenvalue weighted by Gasteiger charge is -2.46. The van der Waals surface area contributed by atoms with Crippen LogP contribution in [0.25, 0.3) is 0 Å². The van der Waals surface area contributed by atoms with Gasteiger partial charge in [-0.1, -0.05) is 436 Å². The van der Waals surface area contributed by atoms with E-state index in [0.29, 0.717) is 12.8 Å². The molecule has 0 radical (unpaired) electrons. The van der Waals surface area contributed by atoms with E-state index >= 15 is 0 Å². The highest BCUT2D eigenvalue weighted by Gasteiger charge is 2.51. The van der Waals surface area contributed by atoms with Crippen molar-refractivity contribution in [1.29, 1.82) is 0 Å². The van der Waals surface area contributed by atoms with Crippen LogP contribution in [0.3, 0.4) is 0 Å². The van der Waals surface area contributed by atoms with Crippen molar-refractivity contribution >= 4 is 5.91 Å². The first-order valence-corrected chi connectivity index (χ1v) is 46.2. The van der Waals surface area contributed by atoms with Gasteiger partial charge in [0, 0.05) is 6.42 Å². The van der Waals surface area contributed by atoms with Crippen molar-refractivity contribution in [3.8, 4) is 0 Å². The van der Waals surface area contributed by atoms with E-state index in [2.05, 4.69) is 43.5 Å². The van der Waals surface area contributed by atoms with Crippen LogP contribution in [0, 0.1) is 0 Å². The van der Waals surface area contributed by atoms with Gasteiger partial charge in [-0.15, -0.1) is 0 Å². The molecule has 14 heteroatoms. The fourth-order valence-corrected chi connectivity index (χ4v) is 15.6. The van der Waals surface area contributed by atoms with E-state index in [1.807, 2.05) is 6.08 Å². The first-order chi connectivity index (χ1) is 52.1. The molecule has 2 aliphatic heterocycles. The van der Waals surface area contributed by atoms with Crippen LogP contribution in [0.5, 0.6) is 0 Å². The van der Waals surface area contributed by atoms with Crippen LogP contribution in [0.2, 0.25) is 0 Å². The molecule has 0 aromatic carbocycles. The predicted molar refractivity (Wildman–Crippen MR) is 443 cm³/mol. The Bertz CT molecular complexity index is 1920. The van der Waals surface area contributed by atoms with E-state index in [1.54, 1.807) is 6.08 Å². The number of ether oxygens (including phenoxy) is 4. The summed E-state index contributed by atoms with van der Waals surface area (Å²) in [4.78, 5) is 13.4. The Morgan fingerprint density at radius 2 is 0.604 bits per heavy atom. The minimum absolute atomic E-state index is 0.243. The fourth-order valence-electron chi connectivity index (χ4n) is 15.6. The number of amides is 1. The van der Waals surface area contributed by atoms with Gasteiger partial charge in [0.05, 0.1) is 32.0 Å². The molecule has 2 aliphatic rings. The Morgan fingerprint density at radius 1 is 0.330 bits per heavy atom. The smallest absolute Gasteiger partial charge is 0.220 e. The molecule has 12 atom stereocenters. The molecule has 1 amide bonds. The van der Waals surface area contributed by atoms with Crippen molar-refractivity contribution in [2.75, 3.05) is 19.8 Å². The molecule has 0 spiro atoms. The van der Waals surface area contributed by atoms with E-state index in [-0.39, 0.29) is 18.9 Å². The molecule has 106 heavy (non-hydrogen) atoms. The van der Waals surface area contributed by atoms with Crippen LogP contribution in [-0.4, -0.2) is 140 Å². The van der Waals surface area contributed by atoms with Gasteiger partial charge in [-0.05, 0) is 44.9 Å². The zero-order valence-corrected chi connectivity index (χ0v) is 69.2. The van der Waals surface area contributed by atoms with E-state index in [4.69, 9.17) is 18.9 Å². The van der Waals surface area contributed by atoms with E-state index in [1.165, 1.54) is 372 Å². The molecule has 626 valence electrons. The zero-order chi connectivity index (χ0) is 76.5. The molecule has 2 fully saturated rings. The van der Waals surface area contributed by atoms with Gasteiger partial charge in [-0.2, -0.15) is 0 Å². The van der Waals surface area contributed by atoms with Gasteiger partial charge >= 0.3 is 0 Å². The predicted octanol–water partition coefficient (Wildman–Crippen LogP) is 22.7. The number of hydrogen-bond donors (Lipinski definition) is 9. The normalized spacial score (nSPS) is 21.4. The second kappa shape index (κ2) is 75.9. The number of unbranched alkanes of at least 4 members (excludes halogenated alkanes) is 63.